The Morgan fingerprint density at radius 1 is 2.00 bits per heavy atom. The fourth-order valence-electron chi connectivity index (χ4n) is 0. The molecular weight excluding hydrogens is 66.0 g/mol. The molecule has 0 unspecified atom stereocenters. The van der Waals surface area contributed by atoms with Gasteiger partial charge < -0.3 is 5.11 Å². The summed E-state index contributed by atoms with van der Waals surface area (Å²) in [4.78, 5) is 0. The fourth-order valence-corrected chi connectivity index (χ4v) is 0. The minimum atomic E-state index is -0.0833. The predicted octanol–water partition coefficient (Wildman–Crippen LogP) is 0.341. The molecule has 0 aromatic heterocycles. The first-order chi connectivity index (χ1) is 2.27. The second kappa shape index (κ2) is 1.79. The van der Waals surface area contributed by atoms with Gasteiger partial charge in [-0.05, 0) is 0 Å². The van der Waals surface area contributed by atoms with Gasteiger partial charge in [-0.15, -0.1) is 0 Å². The van der Waals surface area contributed by atoms with Crippen LogP contribution in [0.25, 0.3) is 0 Å². The SMILES string of the molecule is C=C(O)C[NH]. The third kappa shape index (κ3) is 3.50. The van der Waals surface area contributed by atoms with E-state index in [4.69, 9.17) is 10.8 Å². The molecule has 0 rings (SSSR count). The van der Waals surface area contributed by atoms with Crippen molar-refractivity contribution < 1.29 is 5.11 Å². The van der Waals surface area contributed by atoms with Crippen molar-refractivity contribution in [2.24, 2.45) is 0 Å². The first-order valence-corrected chi connectivity index (χ1v) is 1.28. The van der Waals surface area contributed by atoms with Crippen LogP contribution in [0.3, 0.4) is 0 Å². The van der Waals surface area contributed by atoms with Crippen LogP contribution in [0.1, 0.15) is 0 Å². The Hall–Kier alpha value is -0.500. The van der Waals surface area contributed by atoms with Crippen LogP contribution >= 0.6 is 0 Å². The van der Waals surface area contributed by atoms with Gasteiger partial charge in [0.2, 0.25) is 0 Å². The van der Waals surface area contributed by atoms with E-state index in [2.05, 4.69) is 6.58 Å². The molecule has 29 valence electrons. The van der Waals surface area contributed by atoms with Crippen molar-refractivity contribution in [1.82, 2.24) is 5.73 Å². The first-order valence-electron chi connectivity index (χ1n) is 1.28. The second-order valence-electron chi connectivity index (χ2n) is 0.743. The van der Waals surface area contributed by atoms with E-state index in [0.29, 0.717) is 0 Å². The molecule has 0 saturated heterocycles. The summed E-state index contributed by atoms with van der Waals surface area (Å²) < 4.78 is 0. The van der Waals surface area contributed by atoms with Crippen molar-refractivity contribution in [1.29, 1.82) is 0 Å². The maximum absolute atomic E-state index is 7.98. The van der Waals surface area contributed by atoms with Crippen molar-refractivity contribution in [2.45, 2.75) is 0 Å². The van der Waals surface area contributed by atoms with Gasteiger partial charge >= 0.3 is 0 Å². The molecule has 2 nitrogen and oxygen atoms in total. The quantitative estimate of drug-likeness (QED) is 0.446. The lowest BCUT2D eigenvalue weighted by atomic mass is 10.6. The number of aliphatic hydroxyl groups is 1. The van der Waals surface area contributed by atoms with Crippen LogP contribution in [0.2, 0.25) is 0 Å². The topological polar surface area (TPSA) is 44.0 Å². The van der Waals surface area contributed by atoms with Crippen LogP contribution in [0.5, 0.6) is 0 Å². The summed E-state index contributed by atoms with van der Waals surface area (Å²) in [5.41, 5.74) is 6.31. The van der Waals surface area contributed by atoms with Crippen molar-refractivity contribution in [3.05, 3.63) is 12.3 Å². The Morgan fingerprint density at radius 2 is 2.20 bits per heavy atom. The number of nitrogens with one attached hydrogen (secondary N) is 1. The minimum absolute atomic E-state index is 0.0787. The van der Waals surface area contributed by atoms with Crippen LogP contribution in [0.4, 0.5) is 0 Å². The molecule has 0 aliphatic carbocycles. The van der Waals surface area contributed by atoms with Gasteiger partial charge in [0.1, 0.15) is 5.76 Å². The van der Waals surface area contributed by atoms with Crippen molar-refractivity contribution in [3.63, 3.8) is 0 Å². The number of hydrogen-bond donors (Lipinski definition) is 1. The molecule has 0 amide bonds. The largest absolute Gasteiger partial charge is 0.512 e. The summed E-state index contributed by atoms with van der Waals surface area (Å²) in [6, 6.07) is 0. The van der Waals surface area contributed by atoms with Crippen LogP contribution in [0.15, 0.2) is 12.3 Å². The van der Waals surface area contributed by atoms with Gasteiger partial charge in [-0.3, -0.25) is 0 Å². The third-order valence-electron chi connectivity index (χ3n) is 0.204. The van der Waals surface area contributed by atoms with Gasteiger partial charge in [0.25, 0.3) is 0 Å². The standard InChI is InChI=1S/C3H6NO/c1-3(5)2-4/h4-5H,1-2H2. The summed E-state index contributed by atoms with van der Waals surface area (Å²) in [6.45, 7) is 2.96. The monoisotopic (exact) mass is 72.0 g/mol. The second-order valence-corrected chi connectivity index (χ2v) is 0.743. The summed E-state index contributed by atoms with van der Waals surface area (Å²) in [5, 5.41) is 7.98. The number of aliphatic hydroxyl groups excluding tert-OH is 1. The fraction of sp³-hybridized carbons (Fsp3) is 0.333. The molecule has 0 aromatic carbocycles. The lowest BCUT2D eigenvalue weighted by Gasteiger charge is -1.79. The molecule has 0 saturated carbocycles. The van der Waals surface area contributed by atoms with E-state index >= 15 is 0 Å². The number of rotatable bonds is 1. The molecule has 0 spiro atoms. The van der Waals surface area contributed by atoms with Crippen LogP contribution < -0.4 is 5.73 Å². The molecule has 5 heavy (non-hydrogen) atoms. The highest BCUT2D eigenvalue weighted by Crippen LogP contribution is 1.69. The molecule has 0 aliphatic heterocycles. The summed E-state index contributed by atoms with van der Waals surface area (Å²) in [5.74, 6) is -0.0787. The zero-order chi connectivity index (χ0) is 4.28. The van der Waals surface area contributed by atoms with Gasteiger partial charge in [-0.25, -0.2) is 5.73 Å². The normalized spacial score (nSPS) is 7.40. The zero-order valence-corrected chi connectivity index (χ0v) is 2.86. The summed E-state index contributed by atoms with van der Waals surface area (Å²) in [6.07, 6.45) is 0. The summed E-state index contributed by atoms with van der Waals surface area (Å²) in [7, 11) is 0. The molecular formula is C3H6NO. The van der Waals surface area contributed by atoms with Crippen molar-refractivity contribution >= 4 is 0 Å². The average molecular weight is 72.1 g/mol. The molecule has 2 heteroatoms. The Labute approximate surface area is 30.9 Å². The van der Waals surface area contributed by atoms with Crippen molar-refractivity contribution in [3.8, 4) is 0 Å². The van der Waals surface area contributed by atoms with Gasteiger partial charge in [-0.2, -0.15) is 0 Å². The lowest BCUT2D eigenvalue weighted by Crippen LogP contribution is -1.84. The third-order valence-corrected chi connectivity index (χ3v) is 0.204. The van der Waals surface area contributed by atoms with E-state index in [0.717, 1.165) is 0 Å². The Morgan fingerprint density at radius 3 is 2.20 bits per heavy atom. The smallest absolute Gasteiger partial charge is 0.100 e. The van der Waals surface area contributed by atoms with E-state index in [9.17, 15) is 0 Å². The average Bonchev–Trinajstić information content (AvgIpc) is 1.38. The molecule has 0 bridgehead atoms. The zero-order valence-electron chi connectivity index (χ0n) is 2.86. The molecule has 0 fully saturated rings. The highest BCUT2D eigenvalue weighted by Gasteiger charge is 1.71. The van der Waals surface area contributed by atoms with Crippen LogP contribution in [0, 0.1) is 0 Å². The lowest BCUT2D eigenvalue weighted by molar-refractivity contribution is 0.405. The Bertz CT molecular complexity index is 42.2. The molecule has 0 heterocycles. The highest BCUT2D eigenvalue weighted by atomic mass is 16.3. The highest BCUT2D eigenvalue weighted by molar-refractivity contribution is 4.77. The van der Waals surface area contributed by atoms with Crippen LogP contribution in [-0.4, -0.2) is 11.7 Å². The van der Waals surface area contributed by atoms with E-state index in [1.807, 2.05) is 0 Å². The van der Waals surface area contributed by atoms with E-state index in [1.54, 1.807) is 0 Å². The van der Waals surface area contributed by atoms with Crippen molar-refractivity contribution in [2.75, 3.05) is 6.54 Å². The maximum Gasteiger partial charge on any atom is 0.100 e. The van der Waals surface area contributed by atoms with Gasteiger partial charge in [-0.1, -0.05) is 6.58 Å². The van der Waals surface area contributed by atoms with E-state index < -0.39 is 0 Å². The maximum atomic E-state index is 7.98. The van der Waals surface area contributed by atoms with Gasteiger partial charge in [0.05, 0.1) is 6.54 Å². The van der Waals surface area contributed by atoms with Gasteiger partial charge in [0, 0.05) is 0 Å². The molecule has 0 aliphatic rings. The first kappa shape index (κ1) is 4.50. The molecule has 0 atom stereocenters. The molecule has 2 N–H and O–H groups in total. The molecule has 0 aromatic rings. The predicted molar refractivity (Wildman–Crippen MR) is 19.7 cm³/mol. The van der Waals surface area contributed by atoms with Crippen LogP contribution in [-0.2, 0) is 0 Å². The molecule has 1 radical (unpaired) electrons. The van der Waals surface area contributed by atoms with E-state index in [1.165, 1.54) is 0 Å². The number of hydrogen-bond acceptors (Lipinski definition) is 1. The van der Waals surface area contributed by atoms with Gasteiger partial charge in [0.15, 0.2) is 0 Å². The Balaban J connectivity index is 2.85. The van der Waals surface area contributed by atoms with E-state index in [-0.39, 0.29) is 12.3 Å². The summed E-state index contributed by atoms with van der Waals surface area (Å²) >= 11 is 0. The minimum Gasteiger partial charge on any atom is -0.512 e. The Kier molecular flexibility index (Phi) is 1.61.